The van der Waals surface area contributed by atoms with E-state index in [1.54, 1.807) is 6.07 Å². The molecule has 1 saturated heterocycles. The van der Waals surface area contributed by atoms with Gasteiger partial charge in [0.05, 0.1) is 32.4 Å². The van der Waals surface area contributed by atoms with Crippen LogP contribution < -0.4 is 5.32 Å². The molecule has 1 aliphatic heterocycles. The standard InChI is InChI=1S/C13H21N3O4/c1-2-10(9-17)14-13(18)12-7-11(20-15-12)8-16-3-5-19-6-4-16/h7,10,17H,2-6,8-9H2,1H3,(H,14,18). The van der Waals surface area contributed by atoms with Gasteiger partial charge >= 0.3 is 0 Å². The Kier molecular flexibility index (Phi) is 5.51. The molecule has 20 heavy (non-hydrogen) atoms. The van der Waals surface area contributed by atoms with Gasteiger partial charge in [-0.15, -0.1) is 0 Å². The molecule has 1 unspecified atom stereocenters. The summed E-state index contributed by atoms with van der Waals surface area (Å²) < 4.78 is 10.5. The minimum absolute atomic E-state index is 0.0826. The first-order valence-corrected chi connectivity index (χ1v) is 6.90. The SMILES string of the molecule is CCC(CO)NC(=O)c1cc(CN2CCOCC2)on1. The number of nitrogens with zero attached hydrogens (tertiary/aromatic N) is 2. The fourth-order valence-electron chi connectivity index (χ4n) is 2.01. The van der Waals surface area contributed by atoms with Crippen LogP contribution in [0.4, 0.5) is 0 Å². The van der Waals surface area contributed by atoms with Crippen LogP contribution in [0.15, 0.2) is 10.6 Å². The van der Waals surface area contributed by atoms with E-state index < -0.39 is 0 Å². The second-order valence-corrected chi connectivity index (χ2v) is 4.83. The van der Waals surface area contributed by atoms with E-state index in [-0.39, 0.29) is 24.2 Å². The van der Waals surface area contributed by atoms with Crippen molar-refractivity contribution in [3.8, 4) is 0 Å². The molecule has 1 aliphatic rings. The lowest BCUT2D eigenvalue weighted by atomic mass is 10.2. The van der Waals surface area contributed by atoms with Gasteiger partial charge in [-0.2, -0.15) is 0 Å². The number of aliphatic hydroxyl groups excluding tert-OH is 1. The number of hydrogen-bond donors (Lipinski definition) is 2. The molecule has 7 heteroatoms. The predicted octanol–water partition coefficient (Wildman–Crippen LogP) is 0.00750. The van der Waals surface area contributed by atoms with Crippen LogP contribution in [-0.2, 0) is 11.3 Å². The Bertz CT molecular complexity index is 425. The molecule has 0 radical (unpaired) electrons. The minimum atomic E-state index is -0.317. The van der Waals surface area contributed by atoms with Gasteiger partial charge in [-0.25, -0.2) is 0 Å². The Morgan fingerprint density at radius 1 is 1.55 bits per heavy atom. The molecular formula is C13H21N3O4. The first-order chi connectivity index (χ1) is 9.72. The largest absolute Gasteiger partial charge is 0.394 e. The molecule has 1 amide bonds. The number of carbonyl (C=O) groups excluding carboxylic acids is 1. The number of hydrogen-bond acceptors (Lipinski definition) is 6. The first kappa shape index (κ1) is 15.0. The summed E-state index contributed by atoms with van der Waals surface area (Å²) in [4.78, 5) is 14.1. The molecule has 1 aromatic heterocycles. The Morgan fingerprint density at radius 2 is 2.30 bits per heavy atom. The summed E-state index contributed by atoms with van der Waals surface area (Å²) >= 11 is 0. The van der Waals surface area contributed by atoms with E-state index in [0.29, 0.717) is 18.7 Å². The summed E-state index contributed by atoms with van der Waals surface area (Å²) in [5, 5.41) is 15.5. The number of amides is 1. The van der Waals surface area contributed by atoms with E-state index in [1.807, 2.05) is 6.92 Å². The Morgan fingerprint density at radius 3 is 2.95 bits per heavy atom. The van der Waals surface area contributed by atoms with Crippen LogP contribution in [0, 0.1) is 0 Å². The Labute approximate surface area is 117 Å². The van der Waals surface area contributed by atoms with Gasteiger partial charge in [0.1, 0.15) is 0 Å². The molecule has 0 aromatic carbocycles. The number of morpholine rings is 1. The molecule has 1 atom stereocenters. The van der Waals surface area contributed by atoms with E-state index in [1.165, 1.54) is 0 Å². The quantitative estimate of drug-likeness (QED) is 0.764. The zero-order valence-electron chi connectivity index (χ0n) is 11.7. The fraction of sp³-hybridized carbons (Fsp3) is 0.692. The van der Waals surface area contributed by atoms with Gasteiger partial charge in [0.25, 0.3) is 5.91 Å². The van der Waals surface area contributed by atoms with Crippen LogP contribution in [0.2, 0.25) is 0 Å². The summed E-state index contributed by atoms with van der Waals surface area (Å²) in [6.45, 7) is 5.58. The summed E-state index contributed by atoms with van der Waals surface area (Å²) in [7, 11) is 0. The highest BCUT2D eigenvalue weighted by atomic mass is 16.5. The molecule has 112 valence electrons. The molecule has 7 nitrogen and oxygen atoms in total. The lowest BCUT2D eigenvalue weighted by molar-refractivity contribution is 0.0305. The maximum Gasteiger partial charge on any atom is 0.273 e. The zero-order valence-corrected chi connectivity index (χ0v) is 11.7. The second kappa shape index (κ2) is 7.37. The van der Waals surface area contributed by atoms with Crippen molar-refractivity contribution < 1.29 is 19.2 Å². The second-order valence-electron chi connectivity index (χ2n) is 4.83. The van der Waals surface area contributed by atoms with Crippen molar-refractivity contribution in [2.75, 3.05) is 32.9 Å². The van der Waals surface area contributed by atoms with E-state index in [4.69, 9.17) is 14.4 Å². The molecular weight excluding hydrogens is 262 g/mol. The highest BCUT2D eigenvalue weighted by Crippen LogP contribution is 2.09. The summed E-state index contributed by atoms with van der Waals surface area (Å²) in [6, 6.07) is 1.40. The lowest BCUT2D eigenvalue weighted by Crippen LogP contribution is -2.37. The van der Waals surface area contributed by atoms with Crippen LogP contribution in [0.25, 0.3) is 0 Å². The summed E-state index contributed by atoms with van der Waals surface area (Å²) in [5.74, 6) is 0.344. The average molecular weight is 283 g/mol. The van der Waals surface area contributed by atoms with Crippen LogP contribution in [0.3, 0.4) is 0 Å². The van der Waals surface area contributed by atoms with Gasteiger partial charge in [0.2, 0.25) is 0 Å². The summed E-state index contributed by atoms with van der Waals surface area (Å²) in [6.07, 6.45) is 0.667. The van der Waals surface area contributed by atoms with E-state index in [2.05, 4.69) is 15.4 Å². The predicted molar refractivity (Wildman–Crippen MR) is 71.2 cm³/mol. The van der Waals surface area contributed by atoms with Gasteiger partial charge in [0.15, 0.2) is 11.5 Å². The summed E-state index contributed by atoms with van der Waals surface area (Å²) in [5.41, 5.74) is 0.250. The molecule has 0 bridgehead atoms. The third-order valence-electron chi connectivity index (χ3n) is 3.32. The van der Waals surface area contributed by atoms with Crippen LogP contribution in [0.1, 0.15) is 29.6 Å². The maximum absolute atomic E-state index is 11.9. The van der Waals surface area contributed by atoms with E-state index in [0.717, 1.165) is 26.3 Å². The molecule has 2 rings (SSSR count). The van der Waals surface area contributed by atoms with Gasteiger partial charge in [-0.1, -0.05) is 12.1 Å². The first-order valence-electron chi connectivity index (χ1n) is 6.90. The van der Waals surface area contributed by atoms with E-state index >= 15 is 0 Å². The minimum Gasteiger partial charge on any atom is -0.394 e. The van der Waals surface area contributed by atoms with Gasteiger partial charge in [0, 0.05) is 19.2 Å². The van der Waals surface area contributed by atoms with Crippen molar-refractivity contribution in [3.05, 3.63) is 17.5 Å². The highest BCUT2D eigenvalue weighted by Gasteiger charge is 2.18. The molecule has 0 saturated carbocycles. The third-order valence-corrected chi connectivity index (χ3v) is 3.32. The molecule has 1 fully saturated rings. The number of carbonyl (C=O) groups is 1. The van der Waals surface area contributed by atoms with Gasteiger partial charge < -0.3 is 19.7 Å². The van der Waals surface area contributed by atoms with Crippen LogP contribution in [0.5, 0.6) is 0 Å². The van der Waals surface area contributed by atoms with Crippen molar-refractivity contribution in [1.82, 2.24) is 15.4 Å². The number of ether oxygens (including phenoxy) is 1. The smallest absolute Gasteiger partial charge is 0.273 e. The number of rotatable bonds is 6. The third kappa shape index (κ3) is 4.03. The topological polar surface area (TPSA) is 87.8 Å². The maximum atomic E-state index is 11.9. The van der Waals surface area contributed by atoms with E-state index in [9.17, 15) is 4.79 Å². The van der Waals surface area contributed by atoms with Crippen LogP contribution in [-0.4, -0.2) is 60.0 Å². The number of nitrogens with one attached hydrogen (secondary N) is 1. The average Bonchev–Trinajstić information content (AvgIpc) is 2.94. The number of aromatic nitrogens is 1. The Hall–Kier alpha value is -1.44. The highest BCUT2D eigenvalue weighted by molar-refractivity contribution is 5.92. The van der Waals surface area contributed by atoms with Crippen molar-refractivity contribution in [2.24, 2.45) is 0 Å². The van der Waals surface area contributed by atoms with Crippen molar-refractivity contribution in [2.45, 2.75) is 25.9 Å². The molecule has 0 aliphatic carbocycles. The normalized spacial score (nSPS) is 17.9. The van der Waals surface area contributed by atoms with Crippen molar-refractivity contribution >= 4 is 5.91 Å². The number of aliphatic hydroxyl groups is 1. The van der Waals surface area contributed by atoms with Gasteiger partial charge in [-0.3, -0.25) is 9.69 Å². The molecule has 1 aromatic rings. The van der Waals surface area contributed by atoms with Crippen molar-refractivity contribution in [3.63, 3.8) is 0 Å². The molecule has 2 N–H and O–H groups in total. The molecule has 0 spiro atoms. The van der Waals surface area contributed by atoms with Crippen LogP contribution >= 0.6 is 0 Å². The van der Waals surface area contributed by atoms with Gasteiger partial charge in [-0.05, 0) is 6.42 Å². The molecule has 2 heterocycles. The monoisotopic (exact) mass is 283 g/mol. The van der Waals surface area contributed by atoms with Crippen molar-refractivity contribution in [1.29, 1.82) is 0 Å². The fourth-order valence-corrected chi connectivity index (χ4v) is 2.01. The lowest BCUT2D eigenvalue weighted by Gasteiger charge is -2.25. The zero-order chi connectivity index (χ0) is 14.4. The Balaban J connectivity index is 1.89.